The van der Waals surface area contributed by atoms with E-state index in [2.05, 4.69) is 4.98 Å². The van der Waals surface area contributed by atoms with Crippen LogP contribution in [0.3, 0.4) is 0 Å². The third-order valence-corrected chi connectivity index (χ3v) is 3.33. The second-order valence-electron chi connectivity index (χ2n) is 4.52. The maximum atomic E-state index is 9.96. The molecule has 5 heteroatoms. The third kappa shape index (κ3) is 1.75. The molecule has 2 N–H and O–H groups in total. The highest BCUT2D eigenvalue weighted by Crippen LogP contribution is 2.37. The predicted octanol–water partition coefficient (Wildman–Crippen LogP) is 2.66. The fraction of sp³-hybridized carbons (Fsp3) is 0.133. The molecule has 0 bridgehead atoms. The molecule has 0 radical (unpaired) electrons. The molecule has 0 fully saturated rings. The molecule has 1 aromatic heterocycles. The van der Waals surface area contributed by atoms with Crippen molar-refractivity contribution in [3.63, 3.8) is 0 Å². The molecular weight excluding hydrogens is 256 g/mol. The van der Waals surface area contributed by atoms with Gasteiger partial charge in [0, 0.05) is 13.1 Å². The van der Waals surface area contributed by atoms with E-state index in [1.54, 1.807) is 13.2 Å². The summed E-state index contributed by atoms with van der Waals surface area (Å²) in [7, 11) is 3.43. The molecule has 0 spiro atoms. The molecule has 5 nitrogen and oxygen atoms in total. The molecule has 0 aliphatic heterocycles. The van der Waals surface area contributed by atoms with E-state index in [1.165, 1.54) is 12.1 Å². The first-order valence-corrected chi connectivity index (χ1v) is 6.13. The number of phenolic OH excluding ortho intramolecular Hbond substituents is 2. The van der Waals surface area contributed by atoms with E-state index in [-0.39, 0.29) is 11.5 Å². The van der Waals surface area contributed by atoms with Gasteiger partial charge in [0.05, 0.1) is 18.1 Å². The summed E-state index contributed by atoms with van der Waals surface area (Å²) in [6, 6.07) is 10.2. The van der Waals surface area contributed by atoms with Crippen molar-refractivity contribution in [3.8, 4) is 28.6 Å². The van der Waals surface area contributed by atoms with Crippen molar-refractivity contribution in [2.75, 3.05) is 7.11 Å². The summed E-state index contributed by atoms with van der Waals surface area (Å²) >= 11 is 0. The van der Waals surface area contributed by atoms with Crippen LogP contribution in [0.2, 0.25) is 0 Å². The van der Waals surface area contributed by atoms with Gasteiger partial charge in [-0.05, 0) is 24.3 Å². The Bertz CT molecular complexity index is 773. The standard InChI is InChI=1S/C15H14N2O3/c1-17-11-7-6-9(20-2)8-10(11)16-15(17)14-12(18)4-3-5-13(14)19/h3-8,18-19H,1-2H3. The van der Waals surface area contributed by atoms with Gasteiger partial charge < -0.3 is 19.5 Å². The molecule has 0 amide bonds. The quantitative estimate of drug-likeness (QED) is 0.751. The van der Waals surface area contributed by atoms with Crippen LogP contribution in [0.4, 0.5) is 0 Å². The highest BCUT2D eigenvalue weighted by molar-refractivity contribution is 5.84. The summed E-state index contributed by atoms with van der Waals surface area (Å²) < 4.78 is 7.00. The second-order valence-corrected chi connectivity index (χ2v) is 4.52. The van der Waals surface area contributed by atoms with Gasteiger partial charge >= 0.3 is 0 Å². The third-order valence-electron chi connectivity index (χ3n) is 3.33. The zero-order valence-electron chi connectivity index (χ0n) is 11.2. The van der Waals surface area contributed by atoms with Crippen LogP contribution in [0.5, 0.6) is 17.2 Å². The Balaban J connectivity index is 2.29. The number of rotatable bonds is 2. The average molecular weight is 270 g/mol. The van der Waals surface area contributed by atoms with Crippen molar-refractivity contribution in [1.29, 1.82) is 0 Å². The minimum Gasteiger partial charge on any atom is -0.507 e. The summed E-state index contributed by atoms with van der Waals surface area (Å²) in [5.74, 6) is 1.21. The van der Waals surface area contributed by atoms with E-state index in [1.807, 2.05) is 29.8 Å². The molecule has 102 valence electrons. The first kappa shape index (κ1) is 12.3. The Hall–Kier alpha value is -2.69. The molecule has 20 heavy (non-hydrogen) atoms. The fourth-order valence-corrected chi connectivity index (χ4v) is 2.29. The molecular formula is C15H14N2O3. The SMILES string of the molecule is COc1ccc2c(c1)nc(-c1c(O)cccc1O)n2C. The van der Waals surface area contributed by atoms with Crippen LogP contribution in [-0.2, 0) is 7.05 Å². The minimum atomic E-state index is -0.00429. The molecule has 1 heterocycles. The van der Waals surface area contributed by atoms with Gasteiger partial charge in [-0.3, -0.25) is 0 Å². The van der Waals surface area contributed by atoms with E-state index >= 15 is 0 Å². The molecule has 3 aromatic rings. The Morgan fingerprint density at radius 1 is 1.10 bits per heavy atom. The topological polar surface area (TPSA) is 67.5 Å². The zero-order chi connectivity index (χ0) is 14.3. The first-order chi connectivity index (χ1) is 9.61. The van der Waals surface area contributed by atoms with Crippen LogP contribution < -0.4 is 4.74 Å². The molecule has 2 aromatic carbocycles. The molecule has 0 saturated heterocycles. The first-order valence-electron chi connectivity index (χ1n) is 6.13. The lowest BCUT2D eigenvalue weighted by atomic mass is 10.1. The number of hydrogen-bond acceptors (Lipinski definition) is 4. The van der Waals surface area contributed by atoms with Gasteiger partial charge in [-0.1, -0.05) is 6.07 Å². The van der Waals surface area contributed by atoms with Crippen molar-refractivity contribution >= 4 is 11.0 Å². The van der Waals surface area contributed by atoms with Crippen LogP contribution in [0.15, 0.2) is 36.4 Å². The normalized spacial score (nSPS) is 10.9. The largest absolute Gasteiger partial charge is 0.507 e. The number of phenols is 2. The van der Waals surface area contributed by atoms with Gasteiger partial charge in [0.1, 0.15) is 28.6 Å². The maximum Gasteiger partial charge on any atom is 0.148 e. The van der Waals surface area contributed by atoms with E-state index in [4.69, 9.17) is 4.74 Å². The minimum absolute atomic E-state index is 0.00429. The van der Waals surface area contributed by atoms with Gasteiger partial charge in [-0.25, -0.2) is 4.98 Å². The maximum absolute atomic E-state index is 9.96. The van der Waals surface area contributed by atoms with Crippen molar-refractivity contribution in [3.05, 3.63) is 36.4 Å². The Morgan fingerprint density at radius 2 is 1.80 bits per heavy atom. The summed E-state index contributed by atoms with van der Waals surface area (Å²) in [4.78, 5) is 4.48. The summed E-state index contributed by atoms with van der Waals surface area (Å²) in [6.07, 6.45) is 0. The van der Waals surface area contributed by atoms with Crippen LogP contribution >= 0.6 is 0 Å². The van der Waals surface area contributed by atoms with Crippen LogP contribution in [0, 0.1) is 0 Å². The highest BCUT2D eigenvalue weighted by atomic mass is 16.5. The predicted molar refractivity (Wildman–Crippen MR) is 76.0 cm³/mol. The molecule has 0 aliphatic rings. The molecule has 0 aliphatic carbocycles. The lowest BCUT2D eigenvalue weighted by Gasteiger charge is -2.07. The lowest BCUT2D eigenvalue weighted by Crippen LogP contribution is -1.93. The van der Waals surface area contributed by atoms with Gasteiger partial charge in [-0.15, -0.1) is 0 Å². The Labute approximate surface area is 115 Å². The average Bonchev–Trinajstić information content (AvgIpc) is 2.75. The molecule has 3 rings (SSSR count). The van der Waals surface area contributed by atoms with E-state index in [9.17, 15) is 10.2 Å². The van der Waals surface area contributed by atoms with Crippen LogP contribution in [0.1, 0.15) is 0 Å². The Kier molecular flexibility index (Phi) is 2.75. The number of imidazole rings is 1. The summed E-state index contributed by atoms with van der Waals surface area (Å²) in [6.45, 7) is 0. The van der Waals surface area contributed by atoms with Gasteiger partial charge in [0.2, 0.25) is 0 Å². The highest BCUT2D eigenvalue weighted by Gasteiger charge is 2.17. The second kappa shape index (κ2) is 4.45. The summed E-state index contributed by atoms with van der Waals surface area (Å²) in [5, 5.41) is 19.9. The number of nitrogens with zero attached hydrogens (tertiary/aromatic N) is 2. The van der Waals surface area contributed by atoms with Gasteiger partial charge in [0.25, 0.3) is 0 Å². The van der Waals surface area contributed by atoms with Gasteiger partial charge in [0.15, 0.2) is 0 Å². The Morgan fingerprint density at radius 3 is 2.45 bits per heavy atom. The number of aromatic nitrogens is 2. The number of benzene rings is 2. The number of ether oxygens (including phenoxy) is 1. The van der Waals surface area contributed by atoms with E-state index < -0.39 is 0 Å². The fourth-order valence-electron chi connectivity index (χ4n) is 2.29. The van der Waals surface area contributed by atoms with E-state index in [0.29, 0.717) is 17.1 Å². The van der Waals surface area contributed by atoms with Crippen molar-refractivity contribution < 1.29 is 14.9 Å². The number of methoxy groups -OCH3 is 1. The monoisotopic (exact) mass is 270 g/mol. The van der Waals surface area contributed by atoms with Crippen LogP contribution in [0.25, 0.3) is 22.4 Å². The lowest BCUT2D eigenvalue weighted by molar-refractivity contribution is 0.415. The number of hydrogen-bond donors (Lipinski definition) is 2. The van der Waals surface area contributed by atoms with Crippen molar-refractivity contribution in [2.24, 2.45) is 7.05 Å². The van der Waals surface area contributed by atoms with Gasteiger partial charge in [-0.2, -0.15) is 0 Å². The molecule has 0 atom stereocenters. The number of fused-ring (bicyclic) bond motifs is 1. The number of aromatic hydroxyl groups is 2. The smallest absolute Gasteiger partial charge is 0.148 e. The van der Waals surface area contributed by atoms with Crippen molar-refractivity contribution in [1.82, 2.24) is 9.55 Å². The van der Waals surface area contributed by atoms with Crippen molar-refractivity contribution in [2.45, 2.75) is 0 Å². The number of aryl methyl sites for hydroxylation is 1. The van der Waals surface area contributed by atoms with Crippen LogP contribution in [-0.4, -0.2) is 26.9 Å². The van der Waals surface area contributed by atoms with E-state index in [0.717, 1.165) is 11.0 Å². The molecule has 0 unspecified atom stereocenters. The molecule has 0 saturated carbocycles. The zero-order valence-corrected chi connectivity index (χ0v) is 11.2. The summed E-state index contributed by atoms with van der Waals surface area (Å²) in [5.41, 5.74) is 1.96.